The zero-order chi connectivity index (χ0) is 15.6. The molecule has 0 aromatic carbocycles. The van der Waals surface area contributed by atoms with Crippen LogP contribution in [-0.4, -0.2) is 12.6 Å². The van der Waals surface area contributed by atoms with Crippen molar-refractivity contribution in [3.8, 4) is 0 Å². The lowest BCUT2D eigenvalue weighted by molar-refractivity contribution is 0.372. The lowest BCUT2D eigenvalue weighted by Gasteiger charge is -2.28. The smallest absolute Gasteiger partial charge is 0.0170 e. The zero-order valence-electron chi connectivity index (χ0n) is 13.9. The molecule has 0 radical (unpaired) electrons. The Hall–Kier alpha value is -0.640. The van der Waals surface area contributed by atoms with Crippen LogP contribution in [0.1, 0.15) is 62.0 Å². The first kappa shape index (κ1) is 15.9. The van der Waals surface area contributed by atoms with Crippen LogP contribution in [-0.2, 0) is 0 Å². The van der Waals surface area contributed by atoms with Crippen LogP contribution < -0.4 is 5.32 Å². The van der Waals surface area contributed by atoms with Gasteiger partial charge in [-0.1, -0.05) is 19.8 Å². The van der Waals surface area contributed by atoms with E-state index in [1.807, 2.05) is 22.7 Å². The van der Waals surface area contributed by atoms with Gasteiger partial charge in [0, 0.05) is 12.0 Å². The van der Waals surface area contributed by atoms with Gasteiger partial charge in [0.15, 0.2) is 0 Å². The summed E-state index contributed by atoms with van der Waals surface area (Å²) in [6.45, 7) is 3.57. The molecule has 1 nitrogen and oxygen atoms in total. The first-order valence-electron chi connectivity index (χ1n) is 9.14. The van der Waals surface area contributed by atoms with Crippen molar-refractivity contribution in [2.45, 2.75) is 56.9 Å². The summed E-state index contributed by atoms with van der Waals surface area (Å²) < 4.78 is 0. The molecule has 2 heterocycles. The maximum Gasteiger partial charge on any atom is 0.0170 e. The first-order valence-corrected chi connectivity index (χ1v) is 11.0. The third-order valence-electron chi connectivity index (χ3n) is 5.75. The molecule has 4 atom stereocenters. The van der Waals surface area contributed by atoms with Gasteiger partial charge < -0.3 is 5.32 Å². The molecule has 4 rings (SSSR count). The maximum absolute atomic E-state index is 3.99. The molecule has 2 aromatic heterocycles. The van der Waals surface area contributed by atoms with Crippen molar-refractivity contribution < 1.29 is 0 Å². The molecule has 0 aliphatic heterocycles. The first-order chi connectivity index (χ1) is 11.4. The Morgan fingerprint density at radius 1 is 1.17 bits per heavy atom. The molecule has 1 N–H and O–H groups in total. The van der Waals surface area contributed by atoms with Crippen molar-refractivity contribution in [1.29, 1.82) is 0 Å². The van der Waals surface area contributed by atoms with Gasteiger partial charge in [0.05, 0.1) is 0 Å². The van der Waals surface area contributed by atoms with Crippen LogP contribution in [0.25, 0.3) is 0 Å². The predicted octanol–water partition coefficient (Wildman–Crippen LogP) is 5.87. The molecule has 2 aliphatic carbocycles. The summed E-state index contributed by atoms with van der Waals surface area (Å²) in [7, 11) is 0. The molecule has 0 saturated heterocycles. The van der Waals surface area contributed by atoms with E-state index in [9.17, 15) is 0 Å². The molecule has 2 aromatic rings. The Morgan fingerprint density at radius 3 is 2.65 bits per heavy atom. The number of rotatable bonds is 9. The molecule has 4 unspecified atom stereocenters. The summed E-state index contributed by atoms with van der Waals surface area (Å²) in [6.07, 6.45) is 6.93. The van der Waals surface area contributed by atoms with Gasteiger partial charge in [-0.2, -0.15) is 22.7 Å². The fourth-order valence-corrected chi connectivity index (χ4v) is 5.57. The van der Waals surface area contributed by atoms with E-state index < -0.39 is 0 Å². The van der Waals surface area contributed by atoms with Gasteiger partial charge in [0.2, 0.25) is 0 Å². The molecule has 124 valence electrons. The Bertz CT molecular complexity index is 585. The minimum atomic E-state index is 0.651. The van der Waals surface area contributed by atoms with Gasteiger partial charge in [-0.15, -0.1) is 0 Å². The topological polar surface area (TPSA) is 12.0 Å². The highest BCUT2D eigenvalue weighted by Crippen LogP contribution is 2.53. The SMILES string of the molecule is CCC(c1ccsc1)C(NCCC1CC1)C1CC1c1ccsc1. The predicted molar refractivity (Wildman–Crippen MR) is 102 cm³/mol. The minimum absolute atomic E-state index is 0.651. The van der Waals surface area contributed by atoms with Crippen molar-refractivity contribution in [2.75, 3.05) is 6.54 Å². The van der Waals surface area contributed by atoms with E-state index in [1.165, 1.54) is 38.6 Å². The average molecular weight is 346 g/mol. The summed E-state index contributed by atoms with van der Waals surface area (Å²) in [5, 5.41) is 13.2. The Labute approximate surface area is 148 Å². The van der Waals surface area contributed by atoms with Crippen LogP contribution in [0.4, 0.5) is 0 Å². The van der Waals surface area contributed by atoms with Crippen LogP contribution in [0.2, 0.25) is 0 Å². The van der Waals surface area contributed by atoms with E-state index >= 15 is 0 Å². The van der Waals surface area contributed by atoms with E-state index in [1.54, 1.807) is 11.1 Å². The molecule has 2 saturated carbocycles. The van der Waals surface area contributed by atoms with Gasteiger partial charge in [-0.25, -0.2) is 0 Å². The standard InChI is InChI=1S/C20H27NS2/c1-2-17(15-6-9-22-12-15)20(21-8-5-14-3-4-14)19-11-18(19)16-7-10-23-13-16/h6-7,9-10,12-14,17-21H,2-5,8,11H2,1H3. The lowest BCUT2D eigenvalue weighted by Crippen LogP contribution is -2.38. The van der Waals surface area contributed by atoms with Gasteiger partial charge in [-0.3, -0.25) is 0 Å². The minimum Gasteiger partial charge on any atom is -0.313 e. The van der Waals surface area contributed by atoms with Crippen molar-refractivity contribution in [3.63, 3.8) is 0 Å². The van der Waals surface area contributed by atoms with Crippen LogP contribution in [0.5, 0.6) is 0 Å². The lowest BCUT2D eigenvalue weighted by atomic mass is 9.86. The van der Waals surface area contributed by atoms with Gasteiger partial charge in [0.1, 0.15) is 0 Å². The van der Waals surface area contributed by atoms with E-state index in [2.05, 4.69) is 45.9 Å². The highest BCUT2D eigenvalue weighted by Gasteiger charge is 2.46. The van der Waals surface area contributed by atoms with Gasteiger partial charge in [-0.05, 0) is 88.3 Å². The summed E-state index contributed by atoms with van der Waals surface area (Å²) in [4.78, 5) is 0. The highest BCUT2D eigenvalue weighted by molar-refractivity contribution is 7.08. The van der Waals surface area contributed by atoms with E-state index in [-0.39, 0.29) is 0 Å². The van der Waals surface area contributed by atoms with Crippen LogP contribution in [0, 0.1) is 11.8 Å². The van der Waals surface area contributed by atoms with E-state index in [0.717, 1.165) is 17.8 Å². The van der Waals surface area contributed by atoms with Crippen molar-refractivity contribution in [3.05, 3.63) is 44.8 Å². The van der Waals surface area contributed by atoms with Gasteiger partial charge in [0.25, 0.3) is 0 Å². The van der Waals surface area contributed by atoms with Crippen molar-refractivity contribution in [2.24, 2.45) is 11.8 Å². The third kappa shape index (κ3) is 3.72. The molecule has 0 amide bonds. The molecule has 2 aliphatic rings. The number of thiophene rings is 2. The second kappa shape index (κ2) is 7.08. The second-order valence-corrected chi connectivity index (χ2v) is 8.91. The van der Waals surface area contributed by atoms with Gasteiger partial charge >= 0.3 is 0 Å². The quantitative estimate of drug-likeness (QED) is 0.600. The fraction of sp³-hybridized carbons (Fsp3) is 0.600. The molecular formula is C20H27NS2. The Kier molecular flexibility index (Phi) is 4.88. The zero-order valence-corrected chi connectivity index (χ0v) is 15.5. The summed E-state index contributed by atoms with van der Waals surface area (Å²) in [5.74, 6) is 3.33. The third-order valence-corrected chi connectivity index (χ3v) is 7.15. The van der Waals surface area contributed by atoms with E-state index in [4.69, 9.17) is 0 Å². The van der Waals surface area contributed by atoms with Crippen LogP contribution >= 0.6 is 22.7 Å². The molecule has 3 heteroatoms. The number of nitrogens with one attached hydrogen (secondary N) is 1. The normalized spacial score (nSPS) is 26.1. The summed E-state index contributed by atoms with van der Waals surface area (Å²) >= 11 is 3.69. The molecular weight excluding hydrogens is 318 g/mol. The summed E-state index contributed by atoms with van der Waals surface area (Å²) in [5.41, 5.74) is 3.13. The molecule has 0 spiro atoms. The monoisotopic (exact) mass is 345 g/mol. The van der Waals surface area contributed by atoms with E-state index in [0.29, 0.717) is 12.0 Å². The maximum atomic E-state index is 3.99. The average Bonchev–Trinajstić information content (AvgIpc) is 3.42. The molecule has 23 heavy (non-hydrogen) atoms. The number of hydrogen-bond acceptors (Lipinski definition) is 3. The van der Waals surface area contributed by atoms with Crippen LogP contribution in [0.15, 0.2) is 33.7 Å². The molecule has 0 bridgehead atoms. The summed E-state index contributed by atoms with van der Waals surface area (Å²) in [6, 6.07) is 5.33. The van der Waals surface area contributed by atoms with Crippen molar-refractivity contribution >= 4 is 22.7 Å². The largest absolute Gasteiger partial charge is 0.313 e. The molecule has 2 fully saturated rings. The second-order valence-electron chi connectivity index (χ2n) is 7.35. The number of hydrogen-bond donors (Lipinski definition) is 1. The van der Waals surface area contributed by atoms with Crippen molar-refractivity contribution in [1.82, 2.24) is 5.32 Å². The Morgan fingerprint density at radius 2 is 2.00 bits per heavy atom. The fourth-order valence-electron chi connectivity index (χ4n) is 4.12. The Balaban J connectivity index is 1.46. The highest BCUT2D eigenvalue weighted by atomic mass is 32.1. The van der Waals surface area contributed by atoms with Crippen LogP contribution in [0.3, 0.4) is 0 Å².